The molecule has 0 radical (unpaired) electrons. The molecule has 2 rings (SSSR count). The van der Waals surface area contributed by atoms with Crippen LogP contribution in [0.2, 0.25) is 0 Å². The maximum Gasteiger partial charge on any atom is 0.244 e. The number of methoxy groups -OCH3 is 2. The third kappa shape index (κ3) is 4.74. The number of carbonyl (C=O) groups is 1. The summed E-state index contributed by atoms with van der Waals surface area (Å²) in [6.07, 6.45) is 0.753. The maximum absolute atomic E-state index is 12.5. The molecule has 0 aromatic heterocycles. The van der Waals surface area contributed by atoms with E-state index in [2.05, 4.69) is 10.0 Å². The molecule has 0 heterocycles. The average Bonchev–Trinajstić information content (AvgIpc) is 2.66. The number of anilines is 1. The van der Waals surface area contributed by atoms with Crippen LogP contribution in [0.25, 0.3) is 0 Å². The fourth-order valence-electron chi connectivity index (χ4n) is 2.38. The summed E-state index contributed by atoms with van der Waals surface area (Å²) >= 11 is 0. The van der Waals surface area contributed by atoms with Gasteiger partial charge in [-0.3, -0.25) is 4.79 Å². The first kappa shape index (κ1) is 19.7. The second-order valence-corrected chi connectivity index (χ2v) is 7.14. The summed E-state index contributed by atoms with van der Waals surface area (Å²) in [5, 5.41) is 2.71. The van der Waals surface area contributed by atoms with Crippen molar-refractivity contribution in [3.05, 3.63) is 48.0 Å². The highest BCUT2D eigenvalue weighted by molar-refractivity contribution is 7.89. The van der Waals surface area contributed by atoms with Crippen LogP contribution in [0.3, 0.4) is 0 Å². The van der Waals surface area contributed by atoms with Gasteiger partial charge >= 0.3 is 0 Å². The van der Waals surface area contributed by atoms with Crippen molar-refractivity contribution in [1.82, 2.24) is 4.72 Å². The molecule has 2 aromatic rings. The highest BCUT2D eigenvalue weighted by atomic mass is 32.2. The molecule has 0 aliphatic heterocycles. The third-order valence-electron chi connectivity index (χ3n) is 3.76. The predicted octanol–water partition coefficient (Wildman–Crippen LogP) is 2.18. The largest absolute Gasteiger partial charge is 0.497 e. The highest BCUT2D eigenvalue weighted by Gasteiger charge is 2.21. The number of hydrogen-bond donors (Lipinski definition) is 2. The van der Waals surface area contributed by atoms with Crippen LogP contribution in [0.4, 0.5) is 5.69 Å². The molecule has 0 saturated heterocycles. The molecule has 0 unspecified atom stereocenters. The lowest BCUT2D eigenvalue weighted by Crippen LogP contribution is -2.33. The molecular weight excluding hydrogens is 356 g/mol. The van der Waals surface area contributed by atoms with Gasteiger partial charge in [-0.25, -0.2) is 13.1 Å². The van der Waals surface area contributed by atoms with Crippen molar-refractivity contribution < 1.29 is 22.7 Å². The number of benzene rings is 2. The van der Waals surface area contributed by atoms with E-state index in [1.165, 1.54) is 26.4 Å². The minimum atomic E-state index is -3.95. The summed E-state index contributed by atoms with van der Waals surface area (Å²) in [5.74, 6) is 0.0684. The fraction of sp³-hybridized carbons (Fsp3) is 0.278. The zero-order chi connectivity index (χ0) is 19.2. The third-order valence-corrected chi connectivity index (χ3v) is 5.18. The number of amides is 1. The van der Waals surface area contributed by atoms with Gasteiger partial charge in [0.15, 0.2) is 0 Å². The Bertz CT molecular complexity index is 881. The first-order chi connectivity index (χ1) is 12.4. The molecule has 7 nitrogen and oxygen atoms in total. The zero-order valence-electron chi connectivity index (χ0n) is 14.9. The van der Waals surface area contributed by atoms with E-state index >= 15 is 0 Å². The molecule has 8 heteroatoms. The van der Waals surface area contributed by atoms with Crippen LogP contribution >= 0.6 is 0 Å². The van der Waals surface area contributed by atoms with Crippen molar-refractivity contribution in [2.45, 2.75) is 18.2 Å². The molecule has 1 amide bonds. The van der Waals surface area contributed by atoms with E-state index in [9.17, 15) is 13.2 Å². The van der Waals surface area contributed by atoms with Crippen LogP contribution < -0.4 is 19.5 Å². The van der Waals surface area contributed by atoms with E-state index in [0.717, 1.165) is 12.0 Å². The highest BCUT2D eigenvalue weighted by Crippen LogP contribution is 2.27. The molecule has 26 heavy (non-hydrogen) atoms. The average molecular weight is 378 g/mol. The Hall–Kier alpha value is -2.58. The summed E-state index contributed by atoms with van der Waals surface area (Å²) in [6, 6.07) is 11.8. The SMILES string of the molecule is CCc1ccccc1NC(=O)CNS(=O)(=O)c1cc(OC)ccc1OC. The van der Waals surface area contributed by atoms with Crippen molar-refractivity contribution >= 4 is 21.6 Å². The molecule has 0 aliphatic carbocycles. The van der Waals surface area contributed by atoms with Crippen LogP contribution in [0.15, 0.2) is 47.4 Å². The molecule has 2 aromatic carbocycles. The maximum atomic E-state index is 12.5. The van der Waals surface area contributed by atoms with Gasteiger partial charge in [0.05, 0.1) is 20.8 Å². The van der Waals surface area contributed by atoms with Crippen molar-refractivity contribution in [2.75, 3.05) is 26.1 Å². The second-order valence-electron chi connectivity index (χ2n) is 5.40. The van der Waals surface area contributed by atoms with Crippen molar-refractivity contribution in [3.8, 4) is 11.5 Å². The number of sulfonamides is 1. The van der Waals surface area contributed by atoms with Gasteiger partial charge in [0.25, 0.3) is 0 Å². The van der Waals surface area contributed by atoms with E-state index in [1.807, 2.05) is 19.1 Å². The lowest BCUT2D eigenvalue weighted by atomic mass is 10.1. The minimum absolute atomic E-state index is 0.0962. The van der Waals surface area contributed by atoms with Gasteiger partial charge in [0.2, 0.25) is 15.9 Å². The van der Waals surface area contributed by atoms with Crippen LogP contribution in [-0.2, 0) is 21.2 Å². The Balaban J connectivity index is 2.11. The van der Waals surface area contributed by atoms with Gasteiger partial charge in [-0.15, -0.1) is 0 Å². The molecule has 0 bridgehead atoms. The molecule has 0 fully saturated rings. The van der Waals surface area contributed by atoms with Crippen LogP contribution in [-0.4, -0.2) is 35.1 Å². The van der Waals surface area contributed by atoms with Crippen molar-refractivity contribution in [2.24, 2.45) is 0 Å². The van der Waals surface area contributed by atoms with E-state index < -0.39 is 22.5 Å². The Morgan fingerprint density at radius 3 is 2.46 bits per heavy atom. The Morgan fingerprint density at radius 2 is 1.81 bits per heavy atom. The number of nitrogens with one attached hydrogen (secondary N) is 2. The van der Waals surface area contributed by atoms with E-state index in [4.69, 9.17) is 9.47 Å². The molecule has 0 spiro atoms. The smallest absolute Gasteiger partial charge is 0.244 e. The Morgan fingerprint density at radius 1 is 1.08 bits per heavy atom. The molecule has 0 aliphatic rings. The predicted molar refractivity (Wildman–Crippen MR) is 99.2 cm³/mol. The van der Waals surface area contributed by atoms with E-state index in [0.29, 0.717) is 11.4 Å². The summed E-state index contributed by atoms with van der Waals surface area (Å²) in [7, 11) is -1.15. The van der Waals surface area contributed by atoms with Gasteiger partial charge in [0.1, 0.15) is 16.4 Å². The summed E-state index contributed by atoms with van der Waals surface area (Å²) in [5.41, 5.74) is 1.64. The van der Waals surface area contributed by atoms with E-state index in [-0.39, 0.29) is 10.6 Å². The first-order valence-corrected chi connectivity index (χ1v) is 9.49. The molecule has 0 saturated carbocycles. The van der Waals surface area contributed by atoms with Crippen molar-refractivity contribution in [3.63, 3.8) is 0 Å². The van der Waals surface area contributed by atoms with Gasteiger partial charge in [0, 0.05) is 11.8 Å². The first-order valence-electron chi connectivity index (χ1n) is 8.00. The minimum Gasteiger partial charge on any atom is -0.497 e. The second kappa shape index (κ2) is 8.68. The van der Waals surface area contributed by atoms with Crippen molar-refractivity contribution in [1.29, 1.82) is 0 Å². The van der Waals surface area contributed by atoms with Gasteiger partial charge < -0.3 is 14.8 Å². The topological polar surface area (TPSA) is 93.7 Å². The number of ether oxygens (including phenoxy) is 2. The monoisotopic (exact) mass is 378 g/mol. The van der Waals surface area contributed by atoms with Crippen LogP contribution in [0, 0.1) is 0 Å². The van der Waals surface area contributed by atoms with E-state index in [1.54, 1.807) is 18.2 Å². The van der Waals surface area contributed by atoms with Crippen LogP contribution in [0.5, 0.6) is 11.5 Å². The zero-order valence-corrected chi connectivity index (χ0v) is 15.7. The number of aryl methyl sites for hydroxylation is 1. The molecule has 0 atom stereocenters. The molecular formula is C18H22N2O5S. The number of para-hydroxylation sites is 1. The number of rotatable bonds is 8. The quantitative estimate of drug-likeness (QED) is 0.734. The fourth-order valence-corrected chi connectivity index (χ4v) is 3.54. The molecule has 2 N–H and O–H groups in total. The lowest BCUT2D eigenvalue weighted by Gasteiger charge is -2.13. The number of carbonyl (C=O) groups excluding carboxylic acids is 1. The lowest BCUT2D eigenvalue weighted by molar-refractivity contribution is -0.115. The summed E-state index contributed by atoms with van der Waals surface area (Å²) in [6.45, 7) is 1.57. The summed E-state index contributed by atoms with van der Waals surface area (Å²) < 4.78 is 37.5. The normalized spacial score (nSPS) is 11.0. The van der Waals surface area contributed by atoms with Gasteiger partial charge in [-0.2, -0.15) is 0 Å². The molecule has 140 valence electrons. The van der Waals surface area contributed by atoms with Crippen LogP contribution in [0.1, 0.15) is 12.5 Å². The van der Waals surface area contributed by atoms with Gasteiger partial charge in [-0.05, 0) is 30.2 Å². The standard InChI is InChI=1S/C18H22N2O5S/c1-4-13-7-5-6-8-15(13)20-18(21)12-19-26(22,23)17-11-14(24-2)9-10-16(17)25-3/h5-11,19H,4,12H2,1-3H3,(H,20,21). The Labute approximate surface area is 153 Å². The Kier molecular flexibility index (Phi) is 6.59. The summed E-state index contributed by atoms with van der Waals surface area (Å²) in [4.78, 5) is 12.0. The van der Waals surface area contributed by atoms with Gasteiger partial charge in [-0.1, -0.05) is 25.1 Å². The number of hydrogen-bond acceptors (Lipinski definition) is 5.